The smallest absolute Gasteiger partial charge is 0.224 e. The number of hydrogen-bond donors (Lipinski definition) is 0. The number of nitrogens with zero attached hydrogens (tertiary/aromatic N) is 2. The van der Waals surface area contributed by atoms with E-state index >= 15 is 0 Å². The summed E-state index contributed by atoms with van der Waals surface area (Å²) in [6, 6.07) is 8.11. The van der Waals surface area contributed by atoms with Gasteiger partial charge in [0.05, 0.1) is 10.9 Å². The standard InChI is InChI=1S/C21H28N2O/c1-21(13-5-2-6-14-21)16-9-11-17(12-10-16)24-20-18-7-3-4-8-19(18)22-15-23-20/h3-4,7-8,15-17H,2,5-6,9-14H2,1H3. The number of aromatic nitrogens is 2. The molecule has 3 heteroatoms. The highest BCUT2D eigenvalue weighted by atomic mass is 16.5. The molecule has 2 aliphatic rings. The number of rotatable bonds is 3. The molecule has 1 aromatic heterocycles. The molecule has 0 N–H and O–H groups in total. The van der Waals surface area contributed by atoms with Crippen molar-refractivity contribution in [3.8, 4) is 5.88 Å². The minimum absolute atomic E-state index is 0.312. The van der Waals surface area contributed by atoms with Crippen LogP contribution in [-0.2, 0) is 0 Å². The van der Waals surface area contributed by atoms with Gasteiger partial charge >= 0.3 is 0 Å². The Labute approximate surface area is 144 Å². The highest BCUT2D eigenvalue weighted by Gasteiger charge is 2.37. The van der Waals surface area contributed by atoms with Crippen LogP contribution in [0.4, 0.5) is 0 Å². The van der Waals surface area contributed by atoms with Crippen LogP contribution in [0.1, 0.15) is 64.7 Å². The van der Waals surface area contributed by atoms with Crippen LogP contribution in [0, 0.1) is 11.3 Å². The Morgan fingerprint density at radius 3 is 2.50 bits per heavy atom. The van der Waals surface area contributed by atoms with Gasteiger partial charge in [0.25, 0.3) is 0 Å². The Morgan fingerprint density at radius 2 is 1.71 bits per heavy atom. The van der Waals surface area contributed by atoms with Crippen molar-refractivity contribution in [2.45, 2.75) is 70.8 Å². The zero-order chi connectivity index (χ0) is 16.4. The maximum Gasteiger partial charge on any atom is 0.224 e. The van der Waals surface area contributed by atoms with Gasteiger partial charge in [0, 0.05) is 0 Å². The molecule has 0 atom stereocenters. The van der Waals surface area contributed by atoms with Crippen LogP contribution in [0.2, 0.25) is 0 Å². The Hall–Kier alpha value is -1.64. The van der Waals surface area contributed by atoms with E-state index in [1.165, 1.54) is 57.8 Å². The summed E-state index contributed by atoms with van der Waals surface area (Å²) in [6.45, 7) is 2.54. The van der Waals surface area contributed by atoms with Crippen LogP contribution >= 0.6 is 0 Å². The summed E-state index contributed by atoms with van der Waals surface area (Å²) in [5.41, 5.74) is 1.55. The van der Waals surface area contributed by atoms with E-state index in [0.29, 0.717) is 11.5 Å². The average Bonchev–Trinajstić information content (AvgIpc) is 2.63. The van der Waals surface area contributed by atoms with Crippen molar-refractivity contribution in [1.29, 1.82) is 0 Å². The molecule has 2 fully saturated rings. The molecule has 24 heavy (non-hydrogen) atoms. The number of fused-ring (bicyclic) bond motifs is 1. The molecule has 0 radical (unpaired) electrons. The van der Waals surface area contributed by atoms with E-state index in [2.05, 4.69) is 23.0 Å². The van der Waals surface area contributed by atoms with E-state index in [0.717, 1.165) is 22.7 Å². The van der Waals surface area contributed by atoms with E-state index in [4.69, 9.17) is 4.74 Å². The van der Waals surface area contributed by atoms with E-state index in [1.54, 1.807) is 6.33 Å². The third-order valence-corrected chi connectivity index (χ3v) is 6.44. The summed E-state index contributed by atoms with van der Waals surface area (Å²) in [7, 11) is 0. The minimum atomic E-state index is 0.312. The SMILES string of the molecule is CC1(C2CCC(Oc3ncnc4ccccc34)CC2)CCCCC1. The van der Waals surface area contributed by atoms with Crippen molar-refractivity contribution < 1.29 is 4.74 Å². The quantitative estimate of drug-likeness (QED) is 0.743. The lowest BCUT2D eigenvalue weighted by atomic mass is 9.63. The Bertz CT molecular complexity index is 680. The van der Waals surface area contributed by atoms with Crippen LogP contribution in [-0.4, -0.2) is 16.1 Å². The van der Waals surface area contributed by atoms with Gasteiger partial charge in [-0.15, -0.1) is 0 Å². The van der Waals surface area contributed by atoms with Crippen molar-refractivity contribution in [2.75, 3.05) is 0 Å². The van der Waals surface area contributed by atoms with E-state index < -0.39 is 0 Å². The van der Waals surface area contributed by atoms with Crippen LogP contribution in [0.15, 0.2) is 30.6 Å². The number of para-hydroxylation sites is 1. The second-order valence-electron chi connectivity index (χ2n) is 8.00. The molecular formula is C21H28N2O. The van der Waals surface area contributed by atoms with Gasteiger partial charge in [-0.05, 0) is 62.0 Å². The van der Waals surface area contributed by atoms with Gasteiger partial charge in [-0.2, -0.15) is 0 Å². The average molecular weight is 324 g/mol. The molecule has 0 saturated heterocycles. The predicted molar refractivity (Wildman–Crippen MR) is 97.1 cm³/mol. The fourth-order valence-corrected chi connectivity index (χ4v) is 4.88. The van der Waals surface area contributed by atoms with Crippen LogP contribution < -0.4 is 4.74 Å². The fraction of sp³-hybridized carbons (Fsp3) is 0.619. The van der Waals surface area contributed by atoms with Gasteiger partial charge in [-0.25, -0.2) is 9.97 Å². The van der Waals surface area contributed by atoms with Crippen molar-refractivity contribution in [3.63, 3.8) is 0 Å². The van der Waals surface area contributed by atoms with Gasteiger partial charge in [0.15, 0.2) is 0 Å². The van der Waals surface area contributed by atoms with Crippen LogP contribution in [0.5, 0.6) is 5.88 Å². The molecule has 128 valence electrons. The molecule has 1 aromatic carbocycles. The zero-order valence-corrected chi connectivity index (χ0v) is 14.7. The topological polar surface area (TPSA) is 35.0 Å². The molecule has 2 aliphatic carbocycles. The first-order valence-electron chi connectivity index (χ1n) is 9.61. The third-order valence-electron chi connectivity index (χ3n) is 6.44. The summed E-state index contributed by atoms with van der Waals surface area (Å²) >= 11 is 0. The second kappa shape index (κ2) is 6.70. The van der Waals surface area contributed by atoms with Crippen molar-refractivity contribution >= 4 is 10.9 Å². The molecular weight excluding hydrogens is 296 g/mol. The Balaban J connectivity index is 1.41. The van der Waals surface area contributed by atoms with Gasteiger partial charge in [-0.1, -0.05) is 38.3 Å². The van der Waals surface area contributed by atoms with Crippen molar-refractivity contribution in [2.24, 2.45) is 11.3 Å². The Morgan fingerprint density at radius 1 is 0.958 bits per heavy atom. The zero-order valence-electron chi connectivity index (χ0n) is 14.7. The molecule has 2 saturated carbocycles. The van der Waals surface area contributed by atoms with Crippen LogP contribution in [0.25, 0.3) is 10.9 Å². The number of benzene rings is 1. The lowest BCUT2D eigenvalue weighted by molar-refractivity contribution is 0.0455. The molecule has 0 amide bonds. The van der Waals surface area contributed by atoms with Crippen LogP contribution in [0.3, 0.4) is 0 Å². The molecule has 0 spiro atoms. The lowest BCUT2D eigenvalue weighted by Gasteiger charge is -2.44. The normalized spacial score (nSPS) is 27.0. The van der Waals surface area contributed by atoms with Gasteiger partial charge in [0.2, 0.25) is 5.88 Å². The first-order valence-corrected chi connectivity index (χ1v) is 9.61. The first kappa shape index (κ1) is 15.9. The molecule has 0 aliphatic heterocycles. The summed E-state index contributed by atoms with van der Waals surface area (Å²) in [4.78, 5) is 8.72. The molecule has 4 rings (SSSR count). The van der Waals surface area contributed by atoms with Gasteiger partial charge in [0.1, 0.15) is 12.4 Å². The molecule has 3 nitrogen and oxygen atoms in total. The predicted octanol–water partition coefficient (Wildman–Crippen LogP) is 5.54. The molecule has 1 heterocycles. The number of ether oxygens (including phenoxy) is 1. The lowest BCUT2D eigenvalue weighted by Crippen LogP contribution is -2.35. The first-order chi connectivity index (χ1) is 11.7. The highest BCUT2D eigenvalue weighted by Crippen LogP contribution is 2.48. The maximum atomic E-state index is 6.29. The summed E-state index contributed by atoms with van der Waals surface area (Å²) in [5, 5.41) is 1.03. The summed E-state index contributed by atoms with van der Waals surface area (Å²) < 4.78 is 6.29. The third kappa shape index (κ3) is 3.13. The molecule has 2 aromatic rings. The fourth-order valence-electron chi connectivity index (χ4n) is 4.88. The Kier molecular flexibility index (Phi) is 4.43. The van der Waals surface area contributed by atoms with Crippen molar-refractivity contribution in [3.05, 3.63) is 30.6 Å². The summed E-state index contributed by atoms with van der Waals surface area (Å²) in [6.07, 6.45) is 14.0. The minimum Gasteiger partial charge on any atom is -0.474 e. The van der Waals surface area contributed by atoms with E-state index in [9.17, 15) is 0 Å². The van der Waals surface area contributed by atoms with Gasteiger partial charge in [-0.3, -0.25) is 0 Å². The van der Waals surface area contributed by atoms with E-state index in [1.807, 2.05) is 18.2 Å². The summed E-state index contributed by atoms with van der Waals surface area (Å²) in [5.74, 6) is 1.65. The maximum absolute atomic E-state index is 6.29. The van der Waals surface area contributed by atoms with Gasteiger partial charge < -0.3 is 4.74 Å². The second-order valence-corrected chi connectivity index (χ2v) is 8.00. The monoisotopic (exact) mass is 324 g/mol. The number of hydrogen-bond acceptors (Lipinski definition) is 3. The molecule has 0 bridgehead atoms. The largest absolute Gasteiger partial charge is 0.474 e. The highest BCUT2D eigenvalue weighted by molar-refractivity contribution is 5.82. The van der Waals surface area contributed by atoms with Crippen molar-refractivity contribution in [1.82, 2.24) is 9.97 Å². The van der Waals surface area contributed by atoms with E-state index in [-0.39, 0.29) is 0 Å². The molecule has 0 unspecified atom stereocenters.